The van der Waals surface area contributed by atoms with Crippen molar-refractivity contribution in [3.63, 3.8) is 0 Å². The van der Waals surface area contributed by atoms with Gasteiger partial charge in [0.05, 0.1) is 35.6 Å². The smallest absolute Gasteiger partial charge is 0.264 e. The van der Waals surface area contributed by atoms with Crippen LogP contribution in [0, 0.1) is 19.3 Å². The normalized spacial score (nSPS) is 12.7. The first-order valence-corrected chi connectivity index (χ1v) is 17.3. The van der Waals surface area contributed by atoms with Gasteiger partial charge in [0, 0.05) is 22.9 Å². The number of nitrogens with zero attached hydrogens (tertiary/aromatic N) is 5. The Kier molecular flexibility index (Phi) is 11.5. The lowest BCUT2D eigenvalue weighted by Crippen LogP contribution is -2.35. The maximum absolute atomic E-state index is 13.4. The molecule has 0 aliphatic carbocycles. The van der Waals surface area contributed by atoms with Crippen LogP contribution in [-0.4, -0.2) is 58.7 Å². The van der Waals surface area contributed by atoms with Crippen LogP contribution in [0.15, 0.2) is 65.8 Å². The SMILES string of the molecule is Cc1cccc(C)c1-c1cc(CC[C@@H](CC(C)(C)C)N(C)Cc2ncc(OC(C)C)cn2)nc(NS(=O)(=O)c2cccc(C=O)c2)n1. The molecule has 250 valence electrons. The van der Waals surface area contributed by atoms with Crippen molar-refractivity contribution in [3.05, 3.63) is 89.1 Å². The van der Waals surface area contributed by atoms with Crippen LogP contribution >= 0.6 is 0 Å². The van der Waals surface area contributed by atoms with Gasteiger partial charge in [-0.2, -0.15) is 0 Å². The Morgan fingerprint density at radius 2 is 1.64 bits per heavy atom. The van der Waals surface area contributed by atoms with E-state index in [2.05, 4.69) is 57.4 Å². The fourth-order valence-corrected chi connectivity index (χ4v) is 6.56. The molecule has 1 N–H and O–H groups in total. The van der Waals surface area contributed by atoms with Crippen LogP contribution < -0.4 is 9.46 Å². The molecule has 0 unspecified atom stereocenters. The highest BCUT2D eigenvalue weighted by atomic mass is 32.2. The minimum atomic E-state index is -4.06. The minimum absolute atomic E-state index is 0.0190. The van der Waals surface area contributed by atoms with E-state index in [0.29, 0.717) is 36.5 Å². The number of anilines is 1. The second-order valence-electron chi connectivity index (χ2n) is 13.5. The summed E-state index contributed by atoms with van der Waals surface area (Å²) >= 11 is 0. The monoisotopic (exact) mass is 658 g/mol. The van der Waals surface area contributed by atoms with Crippen LogP contribution in [0.1, 0.15) is 80.5 Å². The number of nitrogens with one attached hydrogen (secondary N) is 1. The summed E-state index contributed by atoms with van der Waals surface area (Å²) in [5.74, 6) is 1.33. The molecule has 1 atom stereocenters. The van der Waals surface area contributed by atoms with Gasteiger partial charge in [-0.25, -0.2) is 33.1 Å². The van der Waals surface area contributed by atoms with Crippen LogP contribution in [-0.2, 0) is 23.0 Å². The molecule has 2 aromatic carbocycles. The predicted octanol–water partition coefficient (Wildman–Crippen LogP) is 6.82. The Morgan fingerprint density at radius 1 is 0.979 bits per heavy atom. The zero-order valence-electron chi connectivity index (χ0n) is 28.6. The molecule has 4 aromatic rings. The van der Waals surface area contributed by atoms with E-state index >= 15 is 0 Å². The van der Waals surface area contributed by atoms with Crippen molar-refractivity contribution in [2.75, 3.05) is 11.8 Å². The largest absolute Gasteiger partial charge is 0.488 e. The number of sulfonamides is 1. The first kappa shape index (κ1) is 35.6. The summed E-state index contributed by atoms with van der Waals surface area (Å²) < 4.78 is 35.0. The summed E-state index contributed by atoms with van der Waals surface area (Å²) in [6.45, 7) is 15.2. The Hall–Kier alpha value is -4.22. The number of rotatable bonds is 14. The number of carbonyl (C=O) groups excluding carboxylic acids is 1. The van der Waals surface area contributed by atoms with Crippen LogP contribution in [0.3, 0.4) is 0 Å². The summed E-state index contributed by atoms with van der Waals surface area (Å²) in [5.41, 5.74) is 4.66. The van der Waals surface area contributed by atoms with E-state index in [0.717, 1.165) is 35.2 Å². The molecular weight excluding hydrogens is 613 g/mol. The second-order valence-corrected chi connectivity index (χ2v) is 15.2. The molecule has 0 spiro atoms. The number of aldehydes is 1. The number of aromatic nitrogens is 4. The minimum Gasteiger partial charge on any atom is -0.488 e. The lowest BCUT2D eigenvalue weighted by molar-refractivity contribution is 0.112. The third-order valence-electron chi connectivity index (χ3n) is 7.70. The van der Waals surface area contributed by atoms with Gasteiger partial charge in [0.25, 0.3) is 10.0 Å². The standard InChI is InChI=1S/C36H46N6O4S/c1-24(2)46-30-20-37-33(38-21-30)22-42(8)29(19-36(5,6)7)16-15-28-18-32(34-25(3)11-9-12-26(34)4)40-35(39-28)41-47(44,45)31-14-10-13-27(17-31)23-43/h9-14,17-18,20-21,23-24,29H,15-16,19,22H2,1-8H3,(H,39,40,41)/t29-/m0/s1. The van der Waals surface area contributed by atoms with Crippen molar-refractivity contribution >= 4 is 22.3 Å². The lowest BCUT2D eigenvalue weighted by Gasteiger charge is -2.33. The van der Waals surface area contributed by atoms with Gasteiger partial charge in [-0.15, -0.1) is 0 Å². The van der Waals surface area contributed by atoms with Crippen LogP contribution in [0.4, 0.5) is 5.95 Å². The zero-order chi connectivity index (χ0) is 34.4. The van der Waals surface area contributed by atoms with E-state index in [1.54, 1.807) is 18.5 Å². The summed E-state index contributed by atoms with van der Waals surface area (Å²) in [5, 5.41) is 0. The Labute approximate surface area is 279 Å². The molecule has 0 fully saturated rings. The van der Waals surface area contributed by atoms with E-state index in [4.69, 9.17) is 4.74 Å². The molecule has 0 saturated carbocycles. The number of aryl methyl sites for hydroxylation is 3. The number of hydrogen-bond acceptors (Lipinski definition) is 9. The van der Waals surface area contributed by atoms with Gasteiger partial charge in [0.1, 0.15) is 12.1 Å². The Bertz CT molecular complexity index is 1770. The van der Waals surface area contributed by atoms with Gasteiger partial charge in [-0.05, 0) is 88.7 Å². The van der Waals surface area contributed by atoms with Gasteiger partial charge in [-0.1, -0.05) is 51.1 Å². The van der Waals surface area contributed by atoms with Crippen molar-refractivity contribution in [2.45, 2.75) is 91.3 Å². The number of benzene rings is 2. The first-order chi connectivity index (χ1) is 22.1. The first-order valence-electron chi connectivity index (χ1n) is 15.8. The highest BCUT2D eigenvalue weighted by Crippen LogP contribution is 2.30. The molecule has 2 aromatic heterocycles. The van der Waals surface area contributed by atoms with Crippen LogP contribution in [0.25, 0.3) is 11.3 Å². The average Bonchev–Trinajstić information content (AvgIpc) is 2.99. The zero-order valence-corrected chi connectivity index (χ0v) is 29.4. The van der Waals surface area contributed by atoms with Crippen LogP contribution in [0.5, 0.6) is 5.75 Å². The van der Waals surface area contributed by atoms with Gasteiger partial charge in [0.15, 0.2) is 5.75 Å². The summed E-state index contributed by atoms with van der Waals surface area (Å²) in [6, 6.07) is 14.0. The topological polar surface area (TPSA) is 127 Å². The maximum atomic E-state index is 13.4. The Morgan fingerprint density at radius 3 is 2.26 bits per heavy atom. The molecule has 4 rings (SSSR count). The highest BCUT2D eigenvalue weighted by Gasteiger charge is 2.24. The van der Waals surface area contributed by atoms with Gasteiger partial charge in [0.2, 0.25) is 5.95 Å². The molecule has 10 nitrogen and oxygen atoms in total. The van der Waals surface area contributed by atoms with E-state index in [1.807, 2.05) is 52.0 Å². The van der Waals surface area contributed by atoms with E-state index in [9.17, 15) is 13.2 Å². The molecule has 0 aliphatic heterocycles. The third-order valence-corrected chi connectivity index (χ3v) is 9.02. The summed E-state index contributed by atoms with van der Waals surface area (Å²) in [7, 11) is -1.98. The van der Waals surface area contributed by atoms with Gasteiger partial charge >= 0.3 is 0 Å². The van der Waals surface area contributed by atoms with Crippen molar-refractivity contribution in [1.29, 1.82) is 0 Å². The van der Waals surface area contributed by atoms with Crippen molar-refractivity contribution < 1.29 is 17.9 Å². The summed E-state index contributed by atoms with van der Waals surface area (Å²) in [6.07, 6.45) is 6.35. The molecular formula is C36H46N6O4S. The van der Waals surface area contributed by atoms with Crippen molar-refractivity contribution in [2.24, 2.45) is 5.41 Å². The fraction of sp³-hybridized carbons (Fsp3) is 0.417. The van der Waals surface area contributed by atoms with Crippen molar-refractivity contribution in [1.82, 2.24) is 24.8 Å². The van der Waals surface area contributed by atoms with E-state index < -0.39 is 10.0 Å². The number of hydrogen-bond donors (Lipinski definition) is 1. The highest BCUT2D eigenvalue weighted by molar-refractivity contribution is 7.92. The maximum Gasteiger partial charge on any atom is 0.264 e. The van der Waals surface area contributed by atoms with Gasteiger partial charge in [-0.3, -0.25) is 9.69 Å². The fourth-order valence-electron chi connectivity index (χ4n) is 5.56. The van der Waals surface area contributed by atoms with Crippen LogP contribution in [0.2, 0.25) is 0 Å². The predicted molar refractivity (Wildman–Crippen MR) is 185 cm³/mol. The third kappa shape index (κ3) is 10.1. The lowest BCUT2D eigenvalue weighted by atomic mass is 9.85. The van der Waals surface area contributed by atoms with Crippen molar-refractivity contribution in [3.8, 4) is 17.0 Å². The molecule has 2 heterocycles. The second kappa shape index (κ2) is 15.1. The average molecular weight is 659 g/mol. The molecule has 0 saturated heterocycles. The molecule has 47 heavy (non-hydrogen) atoms. The molecule has 11 heteroatoms. The molecule has 0 bridgehead atoms. The summed E-state index contributed by atoms with van der Waals surface area (Å²) in [4.78, 5) is 32.0. The number of carbonyl (C=O) groups is 1. The Balaban J connectivity index is 1.64. The molecule has 0 amide bonds. The number of ether oxygens (including phenoxy) is 1. The van der Waals surface area contributed by atoms with Gasteiger partial charge < -0.3 is 4.74 Å². The van der Waals surface area contributed by atoms with E-state index in [1.165, 1.54) is 18.2 Å². The van der Waals surface area contributed by atoms with E-state index in [-0.39, 0.29) is 34.0 Å². The molecule has 0 radical (unpaired) electrons. The quantitative estimate of drug-likeness (QED) is 0.145. The molecule has 0 aliphatic rings.